The van der Waals surface area contributed by atoms with Gasteiger partial charge in [0.2, 0.25) is 0 Å². The maximum atomic E-state index is 13.4. The summed E-state index contributed by atoms with van der Waals surface area (Å²) in [7, 11) is 1.52. The Labute approximate surface area is 76.8 Å². The molecule has 0 bridgehead atoms. The maximum absolute atomic E-state index is 13.4. The summed E-state index contributed by atoms with van der Waals surface area (Å²) in [6.07, 6.45) is 0. The van der Waals surface area contributed by atoms with Gasteiger partial charge in [0.1, 0.15) is 0 Å². The normalized spacial score (nSPS) is 11.7. The second-order valence-electron chi connectivity index (χ2n) is 3.05. The number of likely N-dealkylation sites (N-methyl/N-ethyl adjacent to an activating group) is 1. The average Bonchev–Trinajstić information content (AvgIpc) is 2.04. The first-order valence-electron chi connectivity index (χ1n) is 4.16. The summed E-state index contributed by atoms with van der Waals surface area (Å²) >= 11 is 0. The quantitative estimate of drug-likeness (QED) is 0.762. The van der Waals surface area contributed by atoms with Crippen LogP contribution < -0.4 is 5.32 Å². The van der Waals surface area contributed by atoms with Gasteiger partial charge in [-0.25, -0.2) is 0 Å². The minimum Gasteiger partial charge on any atom is -0.314 e. The fourth-order valence-corrected chi connectivity index (χ4v) is 1.30. The fraction of sp³-hybridized carbons (Fsp3) is 0.400. The Kier molecular flexibility index (Phi) is 2.98. The van der Waals surface area contributed by atoms with Gasteiger partial charge in [-0.2, -0.15) is 8.78 Å². The first kappa shape index (κ1) is 10.1. The molecule has 0 aromatic heterocycles. The molecule has 0 amide bonds. The molecule has 0 atom stereocenters. The molecule has 1 rings (SSSR count). The standard InChI is InChI=1S/C10H13F2N/c1-8-5-3-4-6-9(8)10(11,12)7-13-2/h3-6,13H,7H2,1-2H3. The van der Waals surface area contributed by atoms with Gasteiger partial charge in [0.05, 0.1) is 6.54 Å². The van der Waals surface area contributed by atoms with Gasteiger partial charge in [-0.15, -0.1) is 0 Å². The molecule has 0 saturated heterocycles. The fourth-order valence-electron chi connectivity index (χ4n) is 1.30. The van der Waals surface area contributed by atoms with Gasteiger partial charge in [0.15, 0.2) is 0 Å². The van der Waals surface area contributed by atoms with Crippen molar-refractivity contribution >= 4 is 0 Å². The molecule has 0 heterocycles. The van der Waals surface area contributed by atoms with Gasteiger partial charge in [0.25, 0.3) is 5.92 Å². The van der Waals surface area contributed by atoms with Crippen molar-refractivity contribution in [2.45, 2.75) is 12.8 Å². The van der Waals surface area contributed by atoms with Crippen molar-refractivity contribution in [2.24, 2.45) is 0 Å². The lowest BCUT2D eigenvalue weighted by molar-refractivity contribution is -0.00185. The molecule has 1 N–H and O–H groups in total. The van der Waals surface area contributed by atoms with Crippen molar-refractivity contribution in [3.8, 4) is 0 Å². The highest BCUT2D eigenvalue weighted by Crippen LogP contribution is 2.29. The van der Waals surface area contributed by atoms with Crippen LogP contribution in [0.3, 0.4) is 0 Å². The summed E-state index contributed by atoms with van der Waals surface area (Å²) < 4.78 is 26.7. The number of benzene rings is 1. The molecule has 13 heavy (non-hydrogen) atoms. The predicted octanol–water partition coefficient (Wildman–Crippen LogP) is 2.31. The Morgan fingerprint density at radius 2 is 1.92 bits per heavy atom. The number of halogens is 2. The second-order valence-corrected chi connectivity index (χ2v) is 3.05. The molecule has 72 valence electrons. The zero-order chi connectivity index (χ0) is 9.90. The third kappa shape index (κ3) is 2.25. The number of alkyl halides is 2. The molecule has 1 aromatic rings. The largest absolute Gasteiger partial charge is 0.314 e. The summed E-state index contributed by atoms with van der Waals surface area (Å²) in [5, 5.41) is 2.48. The Bertz CT molecular complexity index is 284. The molecule has 0 aliphatic rings. The van der Waals surface area contributed by atoms with E-state index in [0.29, 0.717) is 5.56 Å². The van der Waals surface area contributed by atoms with Gasteiger partial charge in [-0.1, -0.05) is 24.3 Å². The van der Waals surface area contributed by atoms with E-state index < -0.39 is 5.92 Å². The monoisotopic (exact) mass is 185 g/mol. The van der Waals surface area contributed by atoms with Crippen LogP contribution in [0.25, 0.3) is 0 Å². The van der Waals surface area contributed by atoms with Crippen LogP contribution in [0.1, 0.15) is 11.1 Å². The number of aryl methyl sites for hydroxylation is 1. The van der Waals surface area contributed by atoms with Crippen LogP contribution in [0, 0.1) is 6.92 Å². The second kappa shape index (κ2) is 3.83. The van der Waals surface area contributed by atoms with Crippen LogP contribution in [0.5, 0.6) is 0 Å². The van der Waals surface area contributed by atoms with Crippen molar-refractivity contribution in [1.29, 1.82) is 0 Å². The van der Waals surface area contributed by atoms with Crippen LogP contribution in [0.2, 0.25) is 0 Å². The maximum Gasteiger partial charge on any atom is 0.285 e. The minimum atomic E-state index is -2.78. The molecule has 0 aliphatic heterocycles. The van der Waals surface area contributed by atoms with Crippen LogP contribution in [-0.2, 0) is 5.92 Å². The SMILES string of the molecule is CNCC(F)(F)c1ccccc1C. The molecule has 0 radical (unpaired) electrons. The molecular formula is C10H13F2N. The van der Waals surface area contributed by atoms with E-state index in [0.717, 1.165) is 0 Å². The van der Waals surface area contributed by atoms with Crippen molar-refractivity contribution in [1.82, 2.24) is 5.32 Å². The van der Waals surface area contributed by atoms with Crippen molar-refractivity contribution < 1.29 is 8.78 Å². The zero-order valence-corrected chi connectivity index (χ0v) is 7.77. The molecule has 0 spiro atoms. The zero-order valence-electron chi connectivity index (χ0n) is 7.77. The Balaban J connectivity index is 2.99. The molecule has 0 saturated carbocycles. The smallest absolute Gasteiger partial charge is 0.285 e. The van der Waals surface area contributed by atoms with E-state index in [4.69, 9.17) is 0 Å². The van der Waals surface area contributed by atoms with Gasteiger partial charge < -0.3 is 5.32 Å². The van der Waals surface area contributed by atoms with E-state index in [1.807, 2.05) is 0 Å². The third-order valence-corrected chi connectivity index (χ3v) is 1.94. The highest BCUT2D eigenvalue weighted by molar-refractivity contribution is 5.29. The van der Waals surface area contributed by atoms with Crippen LogP contribution in [-0.4, -0.2) is 13.6 Å². The topological polar surface area (TPSA) is 12.0 Å². The molecule has 0 aliphatic carbocycles. The minimum absolute atomic E-state index is 0.101. The summed E-state index contributed by atoms with van der Waals surface area (Å²) in [5.41, 5.74) is 0.729. The first-order chi connectivity index (χ1) is 6.08. The molecular weight excluding hydrogens is 172 g/mol. The van der Waals surface area contributed by atoms with Gasteiger partial charge in [-0.3, -0.25) is 0 Å². The Morgan fingerprint density at radius 3 is 2.46 bits per heavy atom. The van der Waals surface area contributed by atoms with Gasteiger partial charge >= 0.3 is 0 Å². The lowest BCUT2D eigenvalue weighted by atomic mass is 10.0. The van der Waals surface area contributed by atoms with Gasteiger partial charge in [-0.05, 0) is 19.5 Å². The van der Waals surface area contributed by atoms with Crippen molar-refractivity contribution in [3.63, 3.8) is 0 Å². The van der Waals surface area contributed by atoms with E-state index >= 15 is 0 Å². The van der Waals surface area contributed by atoms with Gasteiger partial charge in [0, 0.05) is 5.56 Å². The predicted molar refractivity (Wildman–Crippen MR) is 49.0 cm³/mol. The van der Waals surface area contributed by atoms with Crippen LogP contribution in [0.15, 0.2) is 24.3 Å². The van der Waals surface area contributed by atoms with E-state index in [1.165, 1.54) is 13.1 Å². The first-order valence-corrected chi connectivity index (χ1v) is 4.16. The number of nitrogens with one attached hydrogen (secondary N) is 1. The summed E-state index contributed by atoms with van der Waals surface area (Å²) in [6, 6.07) is 6.55. The average molecular weight is 185 g/mol. The lowest BCUT2D eigenvalue weighted by Gasteiger charge is -2.18. The van der Waals surface area contributed by atoms with Crippen molar-refractivity contribution in [3.05, 3.63) is 35.4 Å². The number of hydrogen-bond donors (Lipinski definition) is 1. The van der Waals surface area contributed by atoms with E-state index in [-0.39, 0.29) is 12.1 Å². The van der Waals surface area contributed by atoms with E-state index in [2.05, 4.69) is 5.32 Å². The van der Waals surface area contributed by atoms with Crippen LogP contribution >= 0.6 is 0 Å². The summed E-state index contributed by atoms with van der Waals surface area (Å²) in [6.45, 7) is 1.37. The third-order valence-electron chi connectivity index (χ3n) is 1.94. The molecule has 0 fully saturated rings. The molecule has 0 unspecified atom stereocenters. The highest BCUT2D eigenvalue weighted by atomic mass is 19.3. The molecule has 1 nitrogen and oxygen atoms in total. The number of hydrogen-bond acceptors (Lipinski definition) is 1. The Hall–Kier alpha value is -0.960. The highest BCUT2D eigenvalue weighted by Gasteiger charge is 2.31. The molecule has 1 aromatic carbocycles. The number of rotatable bonds is 3. The Morgan fingerprint density at radius 1 is 1.31 bits per heavy atom. The van der Waals surface area contributed by atoms with E-state index in [1.54, 1.807) is 25.1 Å². The summed E-state index contributed by atoms with van der Waals surface area (Å²) in [5.74, 6) is -2.78. The summed E-state index contributed by atoms with van der Waals surface area (Å²) in [4.78, 5) is 0. The molecule has 3 heteroatoms. The van der Waals surface area contributed by atoms with Crippen molar-refractivity contribution in [2.75, 3.05) is 13.6 Å². The van der Waals surface area contributed by atoms with Crippen LogP contribution in [0.4, 0.5) is 8.78 Å². The van der Waals surface area contributed by atoms with E-state index in [9.17, 15) is 8.78 Å². The lowest BCUT2D eigenvalue weighted by Crippen LogP contribution is -2.28.